The zero-order valence-corrected chi connectivity index (χ0v) is 9.45. The number of nitrogens with zero attached hydrogens (tertiary/aromatic N) is 3. The van der Waals surface area contributed by atoms with E-state index in [1.54, 1.807) is 18.5 Å². The SMILES string of the molecule is Nc1ccc(S(=O)(=O)O)cc1.c1cnnnc1. The summed E-state index contributed by atoms with van der Waals surface area (Å²) < 4.78 is 29.4. The number of anilines is 1. The number of rotatable bonds is 1. The molecule has 2 aromatic rings. The Balaban J connectivity index is 0.000000202. The van der Waals surface area contributed by atoms with Crippen molar-refractivity contribution in [2.24, 2.45) is 0 Å². The molecule has 0 spiro atoms. The molecule has 7 nitrogen and oxygen atoms in total. The summed E-state index contributed by atoms with van der Waals surface area (Å²) in [7, 11) is -4.08. The van der Waals surface area contributed by atoms with Gasteiger partial charge in [-0.2, -0.15) is 8.42 Å². The number of hydrogen-bond acceptors (Lipinski definition) is 6. The van der Waals surface area contributed by atoms with Gasteiger partial charge in [-0.15, -0.1) is 10.2 Å². The van der Waals surface area contributed by atoms with Crippen LogP contribution in [0.3, 0.4) is 0 Å². The molecule has 2 rings (SSSR count). The van der Waals surface area contributed by atoms with Crippen LogP contribution in [0.25, 0.3) is 0 Å². The molecule has 17 heavy (non-hydrogen) atoms. The summed E-state index contributed by atoms with van der Waals surface area (Å²) in [6.07, 6.45) is 3.15. The molecule has 0 aliphatic carbocycles. The van der Waals surface area contributed by atoms with Crippen molar-refractivity contribution in [2.75, 3.05) is 5.73 Å². The Bertz CT molecular complexity index is 516. The van der Waals surface area contributed by atoms with Crippen LogP contribution in [-0.2, 0) is 10.1 Å². The second-order valence-corrected chi connectivity index (χ2v) is 4.28. The van der Waals surface area contributed by atoms with E-state index < -0.39 is 10.1 Å². The highest BCUT2D eigenvalue weighted by atomic mass is 32.2. The minimum Gasteiger partial charge on any atom is -0.399 e. The van der Waals surface area contributed by atoms with E-state index in [1.165, 1.54) is 24.3 Å². The second-order valence-electron chi connectivity index (χ2n) is 2.86. The highest BCUT2D eigenvalue weighted by Gasteiger charge is 2.06. The predicted octanol–water partition coefficient (Wildman–Crippen LogP) is 0.387. The topological polar surface area (TPSA) is 119 Å². The van der Waals surface area contributed by atoms with E-state index in [1.807, 2.05) is 0 Å². The zero-order chi connectivity index (χ0) is 12.7. The molecule has 1 aromatic heterocycles. The molecule has 1 heterocycles. The quantitative estimate of drug-likeness (QED) is 0.557. The zero-order valence-electron chi connectivity index (χ0n) is 8.63. The average molecular weight is 254 g/mol. The smallest absolute Gasteiger partial charge is 0.294 e. The van der Waals surface area contributed by atoms with Crippen molar-refractivity contribution >= 4 is 15.8 Å². The highest BCUT2D eigenvalue weighted by molar-refractivity contribution is 7.85. The summed E-state index contributed by atoms with van der Waals surface area (Å²) in [6.45, 7) is 0. The lowest BCUT2D eigenvalue weighted by molar-refractivity contribution is 0.483. The van der Waals surface area contributed by atoms with Gasteiger partial charge in [-0.3, -0.25) is 4.55 Å². The molecule has 90 valence electrons. The Labute approximate surface area is 98.1 Å². The lowest BCUT2D eigenvalue weighted by Gasteiger charge is -1.95. The van der Waals surface area contributed by atoms with Gasteiger partial charge in [0.15, 0.2) is 0 Å². The largest absolute Gasteiger partial charge is 0.399 e. The van der Waals surface area contributed by atoms with Gasteiger partial charge in [0.2, 0.25) is 0 Å². The van der Waals surface area contributed by atoms with Gasteiger partial charge in [0.1, 0.15) is 0 Å². The normalized spacial score (nSPS) is 10.2. The minimum absolute atomic E-state index is 0.147. The van der Waals surface area contributed by atoms with Crippen LogP contribution in [0.4, 0.5) is 5.69 Å². The Morgan fingerprint density at radius 2 is 1.59 bits per heavy atom. The third-order valence-corrected chi connectivity index (χ3v) is 2.45. The molecular weight excluding hydrogens is 244 g/mol. The molecule has 0 saturated carbocycles. The molecule has 0 atom stereocenters. The van der Waals surface area contributed by atoms with Crippen molar-refractivity contribution in [3.63, 3.8) is 0 Å². The minimum atomic E-state index is -4.08. The van der Waals surface area contributed by atoms with Gasteiger partial charge in [-0.05, 0) is 35.5 Å². The molecule has 0 aliphatic heterocycles. The van der Waals surface area contributed by atoms with Gasteiger partial charge < -0.3 is 5.73 Å². The number of aromatic nitrogens is 3. The van der Waals surface area contributed by atoms with Gasteiger partial charge in [0.25, 0.3) is 10.1 Å². The summed E-state index contributed by atoms with van der Waals surface area (Å²) in [6, 6.07) is 7.01. The Kier molecular flexibility index (Phi) is 4.49. The van der Waals surface area contributed by atoms with Crippen LogP contribution in [0, 0.1) is 0 Å². The maximum atomic E-state index is 10.5. The average Bonchev–Trinajstić information content (AvgIpc) is 2.31. The first kappa shape index (κ1) is 13.0. The molecule has 0 radical (unpaired) electrons. The molecule has 0 unspecified atom stereocenters. The second kappa shape index (κ2) is 5.87. The van der Waals surface area contributed by atoms with Gasteiger partial charge in [0.05, 0.1) is 17.3 Å². The van der Waals surface area contributed by atoms with Crippen LogP contribution in [0.1, 0.15) is 0 Å². The van der Waals surface area contributed by atoms with Crippen molar-refractivity contribution < 1.29 is 13.0 Å². The van der Waals surface area contributed by atoms with E-state index >= 15 is 0 Å². The summed E-state index contributed by atoms with van der Waals surface area (Å²) >= 11 is 0. The Hall–Kier alpha value is -2.06. The number of hydrogen-bond donors (Lipinski definition) is 2. The van der Waals surface area contributed by atoms with E-state index in [4.69, 9.17) is 10.3 Å². The van der Waals surface area contributed by atoms with Crippen molar-refractivity contribution in [3.05, 3.63) is 42.7 Å². The first-order valence-corrected chi connectivity index (χ1v) is 5.85. The van der Waals surface area contributed by atoms with Crippen molar-refractivity contribution in [1.82, 2.24) is 15.4 Å². The van der Waals surface area contributed by atoms with Gasteiger partial charge in [0, 0.05) is 5.69 Å². The lowest BCUT2D eigenvalue weighted by atomic mass is 10.3. The predicted molar refractivity (Wildman–Crippen MR) is 60.5 cm³/mol. The van der Waals surface area contributed by atoms with E-state index in [-0.39, 0.29) is 4.90 Å². The number of nitrogen functional groups attached to an aromatic ring is 1. The highest BCUT2D eigenvalue weighted by Crippen LogP contribution is 2.10. The first-order chi connectivity index (χ1) is 8.00. The van der Waals surface area contributed by atoms with E-state index in [2.05, 4.69) is 15.4 Å². The van der Waals surface area contributed by atoms with Crippen molar-refractivity contribution in [2.45, 2.75) is 4.90 Å². The molecular formula is C9H10N4O3S. The fraction of sp³-hybridized carbons (Fsp3) is 0. The number of benzene rings is 1. The van der Waals surface area contributed by atoms with Gasteiger partial charge >= 0.3 is 0 Å². The Morgan fingerprint density at radius 1 is 1.06 bits per heavy atom. The van der Waals surface area contributed by atoms with Crippen molar-refractivity contribution in [1.29, 1.82) is 0 Å². The Morgan fingerprint density at radius 3 is 1.88 bits per heavy atom. The van der Waals surface area contributed by atoms with Crippen LogP contribution in [0.15, 0.2) is 47.6 Å². The molecule has 0 bridgehead atoms. The fourth-order valence-corrected chi connectivity index (χ4v) is 1.32. The standard InChI is InChI=1S/C6H7NO3S.C3H3N3/c7-5-1-3-6(4-2-5)11(8,9)10;1-2-4-6-5-3-1/h1-4H,7H2,(H,8,9,10);1-3H. The molecule has 0 saturated heterocycles. The van der Waals surface area contributed by atoms with Crippen LogP contribution in [-0.4, -0.2) is 28.4 Å². The molecule has 1 aromatic carbocycles. The van der Waals surface area contributed by atoms with E-state index in [0.717, 1.165) is 0 Å². The van der Waals surface area contributed by atoms with E-state index in [9.17, 15) is 8.42 Å². The molecule has 0 fully saturated rings. The van der Waals surface area contributed by atoms with Crippen LogP contribution in [0.5, 0.6) is 0 Å². The summed E-state index contributed by atoms with van der Waals surface area (Å²) in [5.41, 5.74) is 5.75. The first-order valence-electron chi connectivity index (χ1n) is 4.41. The molecule has 0 aliphatic rings. The van der Waals surface area contributed by atoms with E-state index in [0.29, 0.717) is 5.69 Å². The third-order valence-electron chi connectivity index (χ3n) is 1.59. The molecule has 0 amide bonds. The van der Waals surface area contributed by atoms with Crippen molar-refractivity contribution in [3.8, 4) is 0 Å². The lowest BCUT2D eigenvalue weighted by Crippen LogP contribution is -1.97. The van der Waals surface area contributed by atoms with Gasteiger partial charge in [-0.25, -0.2) is 0 Å². The van der Waals surface area contributed by atoms with Crippen LogP contribution in [0.2, 0.25) is 0 Å². The summed E-state index contributed by atoms with van der Waals surface area (Å²) in [5, 5.41) is 10.1. The summed E-state index contributed by atoms with van der Waals surface area (Å²) in [5.74, 6) is 0. The monoisotopic (exact) mass is 254 g/mol. The maximum absolute atomic E-state index is 10.5. The molecule has 8 heteroatoms. The number of nitrogens with two attached hydrogens (primary N) is 1. The van der Waals surface area contributed by atoms with Crippen LogP contribution < -0.4 is 5.73 Å². The maximum Gasteiger partial charge on any atom is 0.294 e. The van der Waals surface area contributed by atoms with Crippen LogP contribution >= 0.6 is 0 Å². The molecule has 3 N–H and O–H groups in total. The third kappa shape index (κ3) is 5.00. The van der Waals surface area contributed by atoms with Gasteiger partial charge in [-0.1, -0.05) is 0 Å². The fourth-order valence-electron chi connectivity index (χ4n) is 0.845. The summed E-state index contributed by atoms with van der Waals surface area (Å²) in [4.78, 5) is -0.147.